The molecule has 2 aromatic rings. The van der Waals surface area contributed by atoms with Crippen molar-refractivity contribution in [1.29, 1.82) is 0 Å². The zero-order valence-electron chi connectivity index (χ0n) is 10.2. The zero-order valence-corrected chi connectivity index (χ0v) is 11.8. The number of nitrogens with two attached hydrogens (primary N) is 1. The van der Waals surface area contributed by atoms with Crippen LogP contribution in [-0.2, 0) is 6.54 Å². The maximum Gasteiger partial charge on any atom is 0.329 e. The molecule has 8 nitrogen and oxygen atoms in total. The summed E-state index contributed by atoms with van der Waals surface area (Å²) in [6.07, 6.45) is 1.10. The topological polar surface area (TPSA) is 119 Å². The zero-order chi connectivity index (χ0) is 14.5. The van der Waals surface area contributed by atoms with Crippen molar-refractivity contribution in [3.8, 4) is 0 Å². The fraction of sp³-hybridized carbons (Fsp3) is 0.0909. The average molecular weight is 339 g/mol. The Hall–Kier alpha value is -2.26. The number of hydrogen-bond donors (Lipinski definition) is 3. The van der Waals surface area contributed by atoms with E-state index in [1.807, 2.05) is 24.3 Å². The van der Waals surface area contributed by atoms with E-state index in [1.165, 1.54) is 0 Å². The average Bonchev–Trinajstić information content (AvgIpc) is 2.44. The molecule has 0 atom stereocenters. The fourth-order valence-corrected chi connectivity index (χ4v) is 1.99. The molecule has 104 valence electrons. The second-order valence-corrected chi connectivity index (χ2v) is 4.73. The Morgan fingerprint density at radius 2 is 2.25 bits per heavy atom. The highest BCUT2D eigenvalue weighted by atomic mass is 79.9. The molecule has 1 aromatic carbocycles. The summed E-state index contributed by atoms with van der Waals surface area (Å²) in [6.45, 7) is 0.390. The third kappa shape index (κ3) is 3.39. The van der Waals surface area contributed by atoms with Crippen molar-refractivity contribution in [2.45, 2.75) is 6.54 Å². The van der Waals surface area contributed by atoms with E-state index in [0.29, 0.717) is 6.54 Å². The molecule has 1 heterocycles. The van der Waals surface area contributed by atoms with Crippen molar-refractivity contribution >= 4 is 33.4 Å². The van der Waals surface area contributed by atoms with E-state index >= 15 is 0 Å². The minimum Gasteiger partial charge on any atom is -0.360 e. The van der Waals surface area contributed by atoms with Gasteiger partial charge in [0.25, 0.3) is 0 Å². The summed E-state index contributed by atoms with van der Waals surface area (Å²) >= 11 is 3.36. The predicted molar refractivity (Wildman–Crippen MR) is 78.0 cm³/mol. The Balaban J connectivity index is 2.21. The van der Waals surface area contributed by atoms with Gasteiger partial charge in [-0.05, 0) is 17.7 Å². The van der Waals surface area contributed by atoms with E-state index in [1.54, 1.807) is 0 Å². The van der Waals surface area contributed by atoms with Gasteiger partial charge in [0, 0.05) is 11.0 Å². The minimum atomic E-state index is -0.552. The van der Waals surface area contributed by atoms with Crippen LogP contribution < -0.4 is 16.6 Å². The first-order valence-corrected chi connectivity index (χ1v) is 6.36. The summed E-state index contributed by atoms with van der Waals surface area (Å²) in [5, 5.41) is 13.8. The molecule has 0 fully saturated rings. The molecule has 0 bridgehead atoms. The van der Waals surface area contributed by atoms with Gasteiger partial charge in [0.2, 0.25) is 11.8 Å². The Morgan fingerprint density at radius 3 is 2.90 bits per heavy atom. The summed E-state index contributed by atoms with van der Waals surface area (Å²) in [4.78, 5) is 18.0. The monoisotopic (exact) mass is 338 g/mol. The second-order valence-electron chi connectivity index (χ2n) is 3.81. The van der Waals surface area contributed by atoms with E-state index < -0.39 is 4.92 Å². The van der Waals surface area contributed by atoms with Crippen LogP contribution in [0.3, 0.4) is 0 Å². The smallest absolute Gasteiger partial charge is 0.329 e. The van der Waals surface area contributed by atoms with Gasteiger partial charge in [-0.1, -0.05) is 28.1 Å². The molecule has 9 heteroatoms. The number of nitrogens with one attached hydrogen (secondary N) is 2. The number of hydrazine groups is 1. The molecule has 0 aliphatic carbocycles. The number of rotatable bonds is 5. The van der Waals surface area contributed by atoms with Gasteiger partial charge < -0.3 is 5.32 Å². The number of nitrogen functional groups attached to an aromatic ring is 1. The van der Waals surface area contributed by atoms with E-state index in [0.717, 1.165) is 16.2 Å². The Labute approximate surface area is 122 Å². The molecular weight excluding hydrogens is 328 g/mol. The normalized spacial score (nSPS) is 10.1. The number of nitro groups is 1. The van der Waals surface area contributed by atoms with Crippen molar-refractivity contribution in [3.63, 3.8) is 0 Å². The first-order chi connectivity index (χ1) is 9.60. The molecule has 0 saturated heterocycles. The van der Waals surface area contributed by atoms with Crippen LogP contribution in [-0.4, -0.2) is 14.9 Å². The molecule has 0 saturated carbocycles. The van der Waals surface area contributed by atoms with E-state index in [2.05, 4.69) is 36.6 Å². The van der Waals surface area contributed by atoms with Crippen molar-refractivity contribution in [3.05, 3.63) is 50.6 Å². The standard InChI is InChI=1S/C11H11BrN6O2/c12-8-3-1-2-7(4-8)5-14-10-9(18(19)20)6-15-11(16-10)17-13/h1-4,6H,5,13H2,(H2,14,15,16,17). The maximum atomic E-state index is 10.9. The number of benzene rings is 1. The van der Waals surface area contributed by atoms with Gasteiger partial charge in [-0.15, -0.1) is 0 Å². The Morgan fingerprint density at radius 1 is 1.45 bits per heavy atom. The van der Waals surface area contributed by atoms with Gasteiger partial charge in [0.05, 0.1) is 4.92 Å². The first-order valence-electron chi connectivity index (χ1n) is 5.56. The summed E-state index contributed by atoms with van der Waals surface area (Å²) in [5.41, 5.74) is 2.99. The summed E-state index contributed by atoms with van der Waals surface area (Å²) in [7, 11) is 0. The first kappa shape index (κ1) is 14.2. The molecular formula is C11H11BrN6O2. The Kier molecular flexibility index (Phi) is 4.43. The van der Waals surface area contributed by atoms with Gasteiger partial charge in [-0.3, -0.25) is 15.5 Å². The van der Waals surface area contributed by atoms with E-state index in [9.17, 15) is 10.1 Å². The van der Waals surface area contributed by atoms with Gasteiger partial charge in [0.1, 0.15) is 6.20 Å². The molecule has 2 rings (SSSR count). The predicted octanol–water partition coefficient (Wildman–Crippen LogP) is 2.04. The lowest BCUT2D eigenvalue weighted by Gasteiger charge is -2.07. The highest BCUT2D eigenvalue weighted by Crippen LogP contribution is 2.22. The molecule has 0 amide bonds. The third-order valence-corrected chi connectivity index (χ3v) is 2.94. The molecule has 0 unspecified atom stereocenters. The molecule has 20 heavy (non-hydrogen) atoms. The van der Waals surface area contributed by atoms with Crippen molar-refractivity contribution in [2.75, 3.05) is 10.7 Å². The largest absolute Gasteiger partial charge is 0.360 e. The summed E-state index contributed by atoms with van der Waals surface area (Å²) in [5.74, 6) is 5.41. The van der Waals surface area contributed by atoms with E-state index in [-0.39, 0.29) is 17.5 Å². The molecule has 4 N–H and O–H groups in total. The summed E-state index contributed by atoms with van der Waals surface area (Å²) in [6, 6.07) is 7.57. The summed E-state index contributed by atoms with van der Waals surface area (Å²) < 4.78 is 0.929. The van der Waals surface area contributed by atoms with Gasteiger partial charge in [-0.2, -0.15) is 4.98 Å². The molecule has 0 aliphatic heterocycles. The van der Waals surface area contributed by atoms with Gasteiger partial charge in [-0.25, -0.2) is 10.8 Å². The SMILES string of the molecule is NNc1ncc([N+](=O)[O-])c(NCc2cccc(Br)c2)n1. The van der Waals surface area contributed by atoms with Crippen molar-refractivity contribution in [2.24, 2.45) is 5.84 Å². The van der Waals surface area contributed by atoms with E-state index in [4.69, 9.17) is 5.84 Å². The van der Waals surface area contributed by atoms with Crippen LogP contribution in [0, 0.1) is 10.1 Å². The number of nitrogens with zero attached hydrogens (tertiary/aromatic N) is 3. The number of anilines is 2. The lowest BCUT2D eigenvalue weighted by Crippen LogP contribution is -2.13. The second kappa shape index (κ2) is 6.26. The molecule has 1 aromatic heterocycles. The molecule has 0 spiro atoms. The molecule has 0 aliphatic rings. The lowest BCUT2D eigenvalue weighted by atomic mass is 10.2. The van der Waals surface area contributed by atoms with Gasteiger partial charge in [0.15, 0.2) is 0 Å². The highest BCUT2D eigenvalue weighted by molar-refractivity contribution is 9.10. The van der Waals surface area contributed by atoms with Crippen molar-refractivity contribution < 1.29 is 4.92 Å². The Bertz CT molecular complexity index is 636. The number of aromatic nitrogens is 2. The highest BCUT2D eigenvalue weighted by Gasteiger charge is 2.16. The van der Waals surface area contributed by atoms with Crippen molar-refractivity contribution in [1.82, 2.24) is 9.97 Å². The van der Waals surface area contributed by atoms with Crippen LogP contribution in [0.2, 0.25) is 0 Å². The van der Waals surface area contributed by atoms with Gasteiger partial charge >= 0.3 is 5.69 Å². The maximum absolute atomic E-state index is 10.9. The molecule has 0 radical (unpaired) electrons. The number of hydrogen-bond acceptors (Lipinski definition) is 7. The quantitative estimate of drug-likeness (QED) is 0.433. The van der Waals surface area contributed by atoms with Crippen LogP contribution in [0.5, 0.6) is 0 Å². The van der Waals surface area contributed by atoms with Crippen LogP contribution >= 0.6 is 15.9 Å². The minimum absolute atomic E-state index is 0.104. The number of halogens is 1. The van der Waals surface area contributed by atoms with Crippen LogP contribution in [0.1, 0.15) is 5.56 Å². The third-order valence-electron chi connectivity index (χ3n) is 2.44. The van der Waals surface area contributed by atoms with Crippen LogP contribution in [0.25, 0.3) is 0 Å². The lowest BCUT2D eigenvalue weighted by molar-refractivity contribution is -0.384. The van der Waals surface area contributed by atoms with Crippen LogP contribution in [0.15, 0.2) is 34.9 Å². The fourth-order valence-electron chi connectivity index (χ4n) is 1.54. The van der Waals surface area contributed by atoms with Crippen LogP contribution in [0.4, 0.5) is 17.5 Å².